The van der Waals surface area contributed by atoms with Gasteiger partial charge in [0.05, 0.1) is 25.5 Å². The van der Waals surface area contributed by atoms with Crippen LogP contribution in [0.2, 0.25) is 0 Å². The first kappa shape index (κ1) is 24.0. The Balaban J connectivity index is 1.90. The van der Waals surface area contributed by atoms with Crippen LogP contribution in [0.3, 0.4) is 0 Å². The Labute approximate surface area is 194 Å². The van der Waals surface area contributed by atoms with Crippen LogP contribution in [0.5, 0.6) is 23.0 Å². The monoisotopic (exact) mass is 454 g/mol. The van der Waals surface area contributed by atoms with Crippen LogP contribution in [0.4, 0.5) is 11.4 Å². The number of carbonyl (C=O) groups is 2. The summed E-state index contributed by atoms with van der Waals surface area (Å²) in [6.07, 6.45) is 1.03. The van der Waals surface area contributed by atoms with Crippen molar-refractivity contribution >= 4 is 23.2 Å². The highest BCUT2D eigenvalue weighted by Crippen LogP contribution is 2.40. The zero-order chi connectivity index (χ0) is 24.0. The lowest BCUT2D eigenvalue weighted by Gasteiger charge is -2.32. The second kappa shape index (κ2) is 10.8. The third-order valence-corrected chi connectivity index (χ3v) is 4.91. The molecule has 8 heteroatoms. The summed E-state index contributed by atoms with van der Waals surface area (Å²) >= 11 is 0. The summed E-state index contributed by atoms with van der Waals surface area (Å²) in [5.74, 6) is 1.39. The number of anilines is 2. The van der Waals surface area contributed by atoms with Crippen molar-refractivity contribution < 1.29 is 28.5 Å². The van der Waals surface area contributed by atoms with Crippen molar-refractivity contribution in [1.29, 1.82) is 0 Å². The van der Waals surface area contributed by atoms with Gasteiger partial charge in [-0.25, -0.2) is 0 Å². The Morgan fingerprint density at radius 3 is 2.30 bits per heavy atom. The van der Waals surface area contributed by atoms with Gasteiger partial charge in [0.1, 0.15) is 5.75 Å². The maximum absolute atomic E-state index is 13.1. The first-order chi connectivity index (χ1) is 15.9. The number of amides is 2. The number of fused-ring (bicyclic) bond motifs is 1. The molecule has 0 spiro atoms. The summed E-state index contributed by atoms with van der Waals surface area (Å²) in [5, 5.41) is 2.88. The molecule has 0 saturated carbocycles. The van der Waals surface area contributed by atoms with E-state index in [0.717, 1.165) is 0 Å². The van der Waals surface area contributed by atoms with Gasteiger partial charge in [-0.15, -0.1) is 6.58 Å². The topological polar surface area (TPSA) is 86.3 Å². The lowest BCUT2D eigenvalue weighted by atomic mass is 10.1. The van der Waals surface area contributed by atoms with Crippen LogP contribution in [-0.4, -0.2) is 44.3 Å². The quantitative estimate of drug-likeness (QED) is 0.535. The predicted octanol–water partition coefficient (Wildman–Crippen LogP) is 4.43. The van der Waals surface area contributed by atoms with E-state index < -0.39 is 6.10 Å². The van der Waals surface area contributed by atoms with Crippen LogP contribution in [0.25, 0.3) is 0 Å². The molecule has 1 unspecified atom stereocenters. The molecule has 1 atom stereocenters. The van der Waals surface area contributed by atoms with Gasteiger partial charge in [0.25, 0.3) is 11.8 Å². The van der Waals surface area contributed by atoms with Crippen molar-refractivity contribution in [2.75, 3.05) is 36.6 Å². The van der Waals surface area contributed by atoms with Gasteiger partial charge in [-0.1, -0.05) is 6.08 Å². The predicted molar refractivity (Wildman–Crippen MR) is 127 cm³/mol. The van der Waals surface area contributed by atoms with E-state index in [-0.39, 0.29) is 11.8 Å². The van der Waals surface area contributed by atoms with Crippen molar-refractivity contribution in [3.63, 3.8) is 0 Å². The van der Waals surface area contributed by atoms with Crippen LogP contribution in [0, 0.1) is 0 Å². The van der Waals surface area contributed by atoms with Crippen LogP contribution >= 0.6 is 0 Å². The van der Waals surface area contributed by atoms with E-state index >= 15 is 0 Å². The molecule has 8 nitrogen and oxygen atoms in total. The average Bonchev–Trinajstić information content (AvgIpc) is 2.79. The smallest absolute Gasteiger partial charge is 0.268 e. The number of rotatable bonds is 10. The Hall–Kier alpha value is -3.68. The lowest BCUT2D eigenvalue weighted by Crippen LogP contribution is -2.44. The summed E-state index contributed by atoms with van der Waals surface area (Å²) in [5.41, 5.74) is 1.53. The highest BCUT2D eigenvalue weighted by molar-refractivity contribution is 6.06. The first-order valence-electron chi connectivity index (χ1n) is 11.0. The van der Waals surface area contributed by atoms with Crippen molar-refractivity contribution in [1.82, 2.24) is 0 Å². The van der Waals surface area contributed by atoms with Crippen molar-refractivity contribution in [3.8, 4) is 23.0 Å². The number of ether oxygens (including phenoxy) is 4. The van der Waals surface area contributed by atoms with Crippen molar-refractivity contribution in [2.45, 2.75) is 33.8 Å². The Morgan fingerprint density at radius 2 is 1.73 bits per heavy atom. The molecule has 0 aromatic heterocycles. The Kier molecular flexibility index (Phi) is 7.82. The van der Waals surface area contributed by atoms with Gasteiger partial charge in [-0.3, -0.25) is 9.59 Å². The van der Waals surface area contributed by atoms with E-state index in [0.29, 0.717) is 66.3 Å². The molecule has 1 heterocycles. The summed E-state index contributed by atoms with van der Waals surface area (Å²) < 4.78 is 22.9. The summed E-state index contributed by atoms with van der Waals surface area (Å²) in [7, 11) is 0. The molecule has 0 saturated heterocycles. The van der Waals surface area contributed by atoms with Gasteiger partial charge in [0, 0.05) is 23.9 Å². The zero-order valence-electron chi connectivity index (χ0n) is 19.5. The minimum Gasteiger partial charge on any atom is -0.490 e. The van der Waals surface area contributed by atoms with E-state index in [4.69, 9.17) is 18.9 Å². The molecule has 33 heavy (non-hydrogen) atoms. The summed E-state index contributed by atoms with van der Waals surface area (Å²) in [6, 6.07) is 8.43. The fraction of sp³-hybridized carbons (Fsp3) is 0.360. The molecule has 0 radical (unpaired) electrons. The summed E-state index contributed by atoms with van der Waals surface area (Å²) in [4.78, 5) is 27.1. The van der Waals surface area contributed by atoms with Gasteiger partial charge in [0.2, 0.25) is 5.75 Å². The molecule has 0 fully saturated rings. The van der Waals surface area contributed by atoms with Crippen LogP contribution < -0.4 is 29.2 Å². The fourth-order valence-electron chi connectivity index (χ4n) is 3.53. The maximum atomic E-state index is 13.1. The van der Waals surface area contributed by atoms with Gasteiger partial charge < -0.3 is 29.2 Å². The molecular weight excluding hydrogens is 424 g/mol. The molecule has 2 aromatic carbocycles. The average molecular weight is 455 g/mol. The van der Waals surface area contributed by atoms with E-state index in [9.17, 15) is 9.59 Å². The minimum absolute atomic E-state index is 0.138. The number of benzene rings is 2. The molecule has 0 bridgehead atoms. The van der Waals surface area contributed by atoms with Crippen molar-refractivity contribution in [2.24, 2.45) is 0 Å². The molecule has 1 aliphatic rings. The third kappa shape index (κ3) is 5.22. The van der Waals surface area contributed by atoms with Crippen molar-refractivity contribution in [3.05, 3.63) is 48.6 Å². The Morgan fingerprint density at radius 1 is 1.09 bits per heavy atom. The van der Waals surface area contributed by atoms with Gasteiger partial charge in [0.15, 0.2) is 17.6 Å². The highest BCUT2D eigenvalue weighted by Gasteiger charge is 2.31. The molecule has 1 N–H and O–H groups in total. The van der Waals surface area contributed by atoms with Gasteiger partial charge in [-0.2, -0.15) is 0 Å². The van der Waals surface area contributed by atoms with E-state index in [1.54, 1.807) is 48.2 Å². The molecule has 176 valence electrons. The van der Waals surface area contributed by atoms with E-state index in [1.807, 2.05) is 20.8 Å². The number of nitrogens with zero attached hydrogens (tertiary/aromatic N) is 1. The fourth-order valence-corrected chi connectivity index (χ4v) is 3.53. The molecule has 2 amide bonds. The molecule has 1 aliphatic heterocycles. The van der Waals surface area contributed by atoms with Gasteiger partial charge in [-0.05, 0) is 52.0 Å². The Bertz CT molecular complexity index is 1010. The lowest BCUT2D eigenvalue weighted by molar-refractivity contribution is -0.125. The second-order valence-electron chi connectivity index (χ2n) is 7.23. The molecule has 0 aliphatic carbocycles. The third-order valence-electron chi connectivity index (χ3n) is 4.91. The van der Waals surface area contributed by atoms with Crippen LogP contribution in [0.15, 0.2) is 43.0 Å². The normalized spacial score (nSPS) is 14.7. The largest absolute Gasteiger partial charge is 0.490 e. The highest BCUT2D eigenvalue weighted by atomic mass is 16.5. The second-order valence-corrected chi connectivity index (χ2v) is 7.23. The zero-order valence-corrected chi connectivity index (χ0v) is 19.5. The number of hydrogen-bond acceptors (Lipinski definition) is 6. The number of nitrogens with one attached hydrogen (secondary N) is 1. The molecule has 3 rings (SSSR count). The van der Waals surface area contributed by atoms with Gasteiger partial charge >= 0.3 is 0 Å². The SMILES string of the molecule is C=CCN1C(=O)C(C)Oc2cc(NC(=O)c3cc(OCC)c(OCC)c(OCC)c3)ccc21. The van der Waals surface area contributed by atoms with E-state index in [1.165, 1.54) is 0 Å². The van der Waals surface area contributed by atoms with E-state index in [2.05, 4.69) is 11.9 Å². The van der Waals surface area contributed by atoms with Crippen LogP contribution in [-0.2, 0) is 4.79 Å². The maximum Gasteiger partial charge on any atom is 0.268 e. The number of hydrogen-bond donors (Lipinski definition) is 1. The molecule has 2 aromatic rings. The first-order valence-corrected chi connectivity index (χ1v) is 11.0. The standard InChI is InChI=1S/C25H30N2O6/c1-6-12-27-19-11-10-18(15-20(19)33-16(5)25(27)29)26-24(28)17-13-21(30-7-2)23(32-9-4)22(14-17)31-8-3/h6,10-11,13-16H,1,7-9,12H2,2-5H3,(H,26,28). The summed E-state index contributed by atoms with van der Waals surface area (Å²) in [6.45, 7) is 12.6. The molecular formula is C25H30N2O6. The minimum atomic E-state index is -0.628. The van der Waals surface area contributed by atoms with Crippen LogP contribution in [0.1, 0.15) is 38.1 Å². The number of carbonyl (C=O) groups excluding carboxylic acids is 2.